The third-order valence-corrected chi connectivity index (χ3v) is 0.816. The van der Waals surface area contributed by atoms with Crippen LogP contribution < -0.4 is 0 Å². The van der Waals surface area contributed by atoms with Crippen molar-refractivity contribution >= 4 is 0 Å². The van der Waals surface area contributed by atoms with Gasteiger partial charge in [-0.05, 0) is 18.6 Å². The molecule has 0 radical (unpaired) electrons. The van der Waals surface area contributed by atoms with Gasteiger partial charge in [0.05, 0.1) is 0 Å². The van der Waals surface area contributed by atoms with E-state index in [1.165, 1.54) is 0 Å². The van der Waals surface area contributed by atoms with Gasteiger partial charge >= 0.3 is 0 Å². The van der Waals surface area contributed by atoms with Gasteiger partial charge in [-0.25, -0.2) is 0 Å². The number of hydrogen-bond donors (Lipinski definition) is 1. The van der Waals surface area contributed by atoms with Gasteiger partial charge in [-0.2, -0.15) is 0 Å². The van der Waals surface area contributed by atoms with E-state index in [9.17, 15) is 0 Å². The van der Waals surface area contributed by atoms with Gasteiger partial charge in [-0.15, -0.1) is 0 Å². The summed E-state index contributed by atoms with van der Waals surface area (Å²) in [6.45, 7) is 13.4. The fraction of sp³-hybridized carbons (Fsp3) is 0.500. The van der Waals surface area contributed by atoms with Crippen molar-refractivity contribution in [3.8, 4) is 0 Å². The molecule has 0 aromatic rings. The van der Waals surface area contributed by atoms with Crippen molar-refractivity contribution in [2.45, 2.75) is 41.0 Å². The van der Waals surface area contributed by atoms with Crippen LogP contribution in [-0.2, 0) is 0 Å². The lowest BCUT2D eigenvalue weighted by atomic mass is 10.3. The molecule has 0 saturated heterocycles. The van der Waals surface area contributed by atoms with E-state index in [0.29, 0.717) is 5.76 Å². The molecule has 0 amide bonds. The van der Waals surface area contributed by atoms with Gasteiger partial charge in [0, 0.05) is 0 Å². The number of aliphatic hydroxyl groups excluding tert-OH is 1. The van der Waals surface area contributed by atoms with E-state index >= 15 is 0 Å². The Morgan fingerprint density at radius 3 is 2.00 bits per heavy atom. The fourth-order valence-electron chi connectivity index (χ4n) is 0.444. The molecule has 0 aliphatic rings. The van der Waals surface area contributed by atoms with Gasteiger partial charge in [-0.1, -0.05) is 53.3 Å². The second kappa shape index (κ2) is 22.5. The lowest BCUT2D eigenvalue weighted by molar-refractivity contribution is 0.430. The van der Waals surface area contributed by atoms with E-state index < -0.39 is 0 Å². The molecule has 0 atom stereocenters. The summed E-state index contributed by atoms with van der Waals surface area (Å²) < 4.78 is 0. The zero-order valence-electron chi connectivity index (χ0n) is 9.67. The zero-order valence-corrected chi connectivity index (χ0v) is 9.67. The molecule has 0 heterocycles. The molecule has 0 fully saturated rings. The van der Waals surface area contributed by atoms with Crippen molar-refractivity contribution in [1.29, 1.82) is 0 Å². The van der Waals surface area contributed by atoms with Crippen LogP contribution in [0.4, 0.5) is 0 Å². The topological polar surface area (TPSA) is 20.2 Å². The van der Waals surface area contributed by atoms with E-state index in [0.717, 1.165) is 6.42 Å². The summed E-state index contributed by atoms with van der Waals surface area (Å²) >= 11 is 0. The van der Waals surface area contributed by atoms with Gasteiger partial charge in [0.15, 0.2) is 0 Å². The zero-order chi connectivity index (χ0) is 11.1. The average molecular weight is 184 g/mol. The van der Waals surface area contributed by atoms with Crippen LogP contribution in [-0.4, -0.2) is 5.11 Å². The molecule has 0 aliphatic heterocycles. The van der Waals surface area contributed by atoms with E-state index in [1.54, 1.807) is 24.3 Å². The van der Waals surface area contributed by atoms with Crippen LogP contribution in [0.15, 0.2) is 36.6 Å². The van der Waals surface area contributed by atoms with Gasteiger partial charge in [-0.3, -0.25) is 0 Å². The number of allylic oxidation sites excluding steroid dienone is 4. The van der Waals surface area contributed by atoms with Gasteiger partial charge < -0.3 is 5.11 Å². The molecule has 0 aliphatic carbocycles. The Morgan fingerprint density at radius 1 is 1.23 bits per heavy atom. The van der Waals surface area contributed by atoms with Crippen LogP contribution >= 0.6 is 0 Å². The van der Waals surface area contributed by atoms with E-state index in [4.69, 9.17) is 5.11 Å². The average Bonchev–Trinajstić information content (AvgIpc) is 2.21. The summed E-state index contributed by atoms with van der Waals surface area (Å²) in [7, 11) is 0. The number of aliphatic hydroxyl groups is 1. The number of rotatable bonds is 3. The molecular weight excluding hydrogens is 160 g/mol. The highest BCUT2D eigenvalue weighted by Crippen LogP contribution is 1.92. The highest BCUT2D eigenvalue weighted by Gasteiger charge is 1.77. The van der Waals surface area contributed by atoms with E-state index in [-0.39, 0.29) is 0 Å². The number of hydrogen-bond acceptors (Lipinski definition) is 1. The van der Waals surface area contributed by atoms with Crippen LogP contribution in [0.2, 0.25) is 0 Å². The van der Waals surface area contributed by atoms with Gasteiger partial charge in [0.2, 0.25) is 0 Å². The minimum atomic E-state index is 0.303. The molecule has 0 saturated carbocycles. The van der Waals surface area contributed by atoms with E-state index in [1.807, 2.05) is 34.6 Å². The SMILES string of the molecule is C=C/C=C\C(O)=C/CC.CC.CC. The van der Waals surface area contributed by atoms with Gasteiger partial charge in [0.1, 0.15) is 5.76 Å². The molecule has 0 spiro atoms. The quantitative estimate of drug-likeness (QED) is 0.500. The van der Waals surface area contributed by atoms with Crippen molar-refractivity contribution in [2.24, 2.45) is 0 Å². The summed E-state index contributed by atoms with van der Waals surface area (Å²) in [5.74, 6) is 0.303. The Hall–Kier alpha value is -0.980. The second-order valence-electron chi connectivity index (χ2n) is 1.63. The summed E-state index contributed by atoms with van der Waals surface area (Å²) in [5.41, 5.74) is 0. The molecule has 0 bridgehead atoms. The standard InChI is InChI=1S/C8H12O.2C2H6/c1-3-5-7-8(9)6-4-2;2*1-2/h3,5-7,9H,1,4H2,2H3;2*1-2H3/b7-5-,8-6+;;. The Kier molecular flexibility index (Phi) is 31.0. The van der Waals surface area contributed by atoms with Crippen molar-refractivity contribution in [3.63, 3.8) is 0 Å². The third kappa shape index (κ3) is 24.7. The van der Waals surface area contributed by atoms with Crippen LogP contribution in [0.1, 0.15) is 41.0 Å². The normalized spacial score (nSPS) is 9.46. The molecule has 0 unspecified atom stereocenters. The summed E-state index contributed by atoms with van der Waals surface area (Å²) in [6.07, 6.45) is 7.52. The maximum atomic E-state index is 8.91. The van der Waals surface area contributed by atoms with Crippen LogP contribution in [0, 0.1) is 0 Å². The molecule has 0 aromatic carbocycles. The molecule has 0 rings (SSSR count). The smallest absolute Gasteiger partial charge is 0.111 e. The molecule has 13 heavy (non-hydrogen) atoms. The Balaban J connectivity index is -0.000000218. The lowest BCUT2D eigenvalue weighted by Gasteiger charge is -1.85. The molecular formula is C12H24O. The maximum absolute atomic E-state index is 8.91. The molecule has 78 valence electrons. The molecule has 0 aromatic heterocycles. The van der Waals surface area contributed by atoms with Crippen molar-refractivity contribution in [3.05, 3.63) is 36.6 Å². The first kappa shape index (κ1) is 17.9. The first-order valence-corrected chi connectivity index (χ1v) is 4.99. The Morgan fingerprint density at radius 2 is 1.69 bits per heavy atom. The first-order chi connectivity index (χ1) is 6.31. The summed E-state index contributed by atoms with van der Waals surface area (Å²) in [4.78, 5) is 0. The van der Waals surface area contributed by atoms with E-state index in [2.05, 4.69) is 6.58 Å². The second-order valence-corrected chi connectivity index (χ2v) is 1.63. The Labute approximate surface area is 83.5 Å². The predicted molar refractivity (Wildman–Crippen MR) is 63.0 cm³/mol. The Bertz CT molecular complexity index is 132. The molecule has 1 heteroatoms. The van der Waals surface area contributed by atoms with Crippen LogP contribution in [0.5, 0.6) is 0 Å². The minimum absolute atomic E-state index is 0.303. The van der Waals surface area contributed by atoms with Crippen molar-refractivity contribution in [1.82, 2.24) is 0 Å². The third-order valence-electron chi connectivity index (χ3n) is 0.816. The highest BCUT2D eigenvalue weighted by molar-refractivity contribution is 5.14. The highest BCUT2D eigenvalue weighted by atomic mass is 16.3. The predicted octanol–water partition coefficient (Wildman–Crippen LogP) is 4.63. The largest absolute Gasteiger partial charge is 0.508 e. The fourth-order valence-corrected chi connectivity index (χ4v) is 0.444. The summed E-state index contributed by atoms with van der Waals surface area (Å²) in [6, 6.07) is 0. The maximum Gasteiger partial charge on any atom is 0.111 e. The molecule has 1 nitrogen and oxygen atoms in total. The van der Waals surface area contributed by atoms with Crippen molar-refractivity contribution in [2.75, 3.05) is 0 Å². The minimum Gasteiger partial charge on any atom is -0.508 e. The molecule has 1 N–H and O–H groups in total. The summed E-state index contributed by atoms with van der Waals surface area (Å²) in [5, 5.41) is 8.91. The van der Waals surface area contributed by atoms with Gasteiger partial charge in [0.25, 0.3) is 0 Å². The lowest BCUT2D eigenvalue weighted by Crippen LogP contribution is -1.70. The van der Waals surface area contributed by atoms with Crippen LogP contribution in [0.25, 0.3) is 0 Å². The van der Waals surface area contributed by atoms with Crippen molar-refractivity contribution < 1.29 is 5.11 Å². The first-order valence-electron chi connectivity index (χ1n) is 4.99. The van der Waals surface area contributed by atoms with Crippen LogP contribution in [0.3, 0.4) is 0 Å². The monoisotopic (exact) mass is 184 g/mol.